The third-order valence-electron chi connectivity index (χ3n) is 5.18. The van der Waals surface area contributed by atoms with Gasteiger partial charge in [0.25, 0.3) is 5.91 Å². The molecule has 7 nitrogen and oxygen atoms in total. The highest BCUT2D eigenvalue weighted by molar-refractivity contribution is 7.98. The van der Waals surface area contributed by atoms with Gasteiger partial charge in [0.05, 0.1) is 5.56 Å². The molecule has 1 aromatic heterocycles. The van der Waals surface area contributed by atoms with Gasteiger partial charge in [-0.25, -0.2) is 4.79 Å². The predicted octanol–water partition coefficient (Wildman–Crippen LogP) is 3.25. The molecule has 0 atom stereocenters. The number of aromatic nitrogens is 3. The van der Waals surface area contributed by atoms with Crippen LogP contribution in [0.4, 0.5) is 0 Å². The molecule has 0 radical (unpaired) electrons. The molecule has 1 aromatic carbocycles. The molecule has 0 N–H and O–H groups in total. The zero-order chi connectivity index (χ0) is 20.1. The summed E-state index contributed by atoms with van der Waals surface area (Å²) in [7, 11) is 1.80. The number of rotatable bonds is 6. The second kappa shape index (κ2) is 9.23. The summed E-state index contributed by atoms with van der Waals surface area (Å²) >= 11 is 1.50. The number of ether oxygens (including phenoxy) is 1. The average molecular weight is 403 g/mol. The molecule has 28 heavy (non-hydrogen) atoms. The van der Waals surface area contributed by atoms with Gasteiger partial charge in [-0.3, -0.25) is 9.36 Å². The van der Waals surface area contributed by atoms with E-state index in [1.807, 2.05) is 29.9 Å². The van der Waals surface area contributed by atoms with E-state index in [0.29, 0.717) is 5.56 Å². The van der Waals surface area contributed by atoms with Gasteiger partial charge in [0.2, 0.25) is 0 Å². The van der Waals surface area contributed by atoms with E-state index in [1.165, 1.54) is 18.2 Å². The number of carbonyl (C=O) groups is 2. The summed E-state index contributed by atoms with van der Waals surface area (Å²) < 4.78 is 7.15. The number of hydrogen-bond donors (Lipinski definition) is 0. The van der Waals surface area contributed by atoms with Crippen molar-refractivity contribution in [1.29, 1.82) is 0 Å². The molecule has 150 valence electrons. The smallest absolute Gasteiger partial charge is 0.338 e. The number of amides is 1. The molecule has 0 spiro atoms. The Morgan fingerprint density at radius 1 is 1.18 bits per heavy atom. The number of aryl methyl sites for hydroxylation is 1. The Morgan fingerprint density at radius 3 is 2.50 bits per heavy atom. The molecule has 1 saturated carbocycles. The van der Waals surface area contributed by atoms with E-state index in [0.717, 1.165) is 42.4 Å². The standard InChI is InChI=1S/C20H26N4O3S/c1-14-21-22-20(28-3)24(14)17-11-9-15(10-12-17)19(26)27-13-18(25)23(2)16-7-5-4-6-8-16/h9-12,16H,4-8,13H2,1-3H3. The first kappa shape index (κ1) is 20.4. The van der Waals surface area contributed by atoms with Crippen molar-refractivity contribution in [3.63, 3.8) is 0 Å². The lowest BCUT2D eigenvalue weighted by Crippen LogP contribution is -2.40. The summed E-state index contributed by atoms with van der Waals surface area (Å²) in [5.41, 5.74) is 1.28. The Morgan fingerprint density at radius 2 is 1.86 bits per heavy atom. The number of benzene rings is 1. The minimum absolute atomic E-state index is 0.151. The highest BCUT2D eigenvalue weighted by Gasteiger charge is 2.23. The van der Waals surface area contributed by atoms with Crippen LogP contribution in [0, 0.1) is 6.92 Å². The molecule has 1 fully saturated rings. The van der Waals surface area contributed by atoms with Gasteiger partial charge in [0.15, 0.2) is 11.8 Å². The van der Waals surface area contributed by atoms with E-state index in [-0.39, 0.29) is 18.6 Å². The first-order chi connectivity index (χ1) is 13.5. The van der Waals surface area contributed by atoms with Crippen LogP contribution in [0.2, 0.25) is 0 Å². The van der Waals surface area contributed by atoms with E-state index in [1.54, 1.807) is 24.1 Å². The lowest BCUT2D eigenvalue weighted by atomic mass is 9.94. The predicted molar refractivity (Wildman–Crippen MR) is 108 cm³/mol. The molecular weight excluding hydrogens is 376 g/mol. The maximum atomic E-state index is 12.3. The van der Waals surface area contributed by atoms with Crippen LogP contribution in [0.3, 0.4) is 0 Å². The molecule has 1 aliphatic rings. The second-order valence-corrected chi connectivity index (χ2v) is 7.76. The van der Waals surface area contributed by atoms with Crippen molar-refractivity contribution in [3.05, 3.63) is 35.7 Å². The second-order valence-electron chi connectivity index (χ2n) is 6.99. The van der Waals surface area contributed by atoms with Crippen molar-refractivity contribution in [2.24, 2.45) is 0 Å². The van der Waals surface area contributed by atoms with Crippen molar-refractivity contribution >= 4 is 23.6 Å². The summed E-state index contributed by atoms with van der Waals surface area (Å²) in [6.07, 6.45) is 7.53. The van der Waals surface area contributed by atoms with Gasteiger partial charge >= 0.3 is 5.97 Å². The Labute approximate surface area is 169 Å². The fraction of sp³-hybridized carbons (Fsp3) is 0.500. The molecular formula is C20H26N4O3S. The van der Waals surface area contributed by atoms with E-state index in [9.17, 15) is 9.59 Å². The van der Waals surface area contributed by atoms with Crippen molar-refractivity contribution in [2.75, 3.05) is 19.9 Å². The molecule has 0 bridgehead atoms. The van der Waals surface area contributed by atoms with Crippen LogP contribution in [-0.2, 0) is 9.53 Å². The van der Waals surface area contributed by atoms with Crippen LogP contribution in [0.15, 0.2) is 29.4 Å². The molecule has 3 rings (SSSR count). The normalized spacial score (nSPS) is 14.7. The van der Waals surface area contributed by atoms with Crippen LogP contribution in [0.5, 0.6) is 0 Å². The Kier molecular flexibility index (Phi) is 6.72. The van der Waals surface area contributed by atoms with Gasteiger partial charge < -0.3 is 9.64 Å². The summed E-state index contributed by atoms with van der Waals surface area (Å²) in [5.74, 6) is 0.125. The molecule has 0 saturated heterocycles. The number of likely N-dealkylation sites (N-methyl/N-ethyl adjacent to an activating group) is 1. The van der Waals surface area contributed by atoms with Crippen LogP contribution < -0.4 is 0 Å². The quantitative estimate of drug-likeness (QED) is 0.545. The molecule has 0 unspecified atom stereocenters. The van der Waals surface area contributed by atoms with Crippen molar-refractivity contribution in [2.45, 2.75) is 50.2 Å². The third kappa shape index (κ3) is 4.55. The van der Waals surface area contributed by atoms with Crippen LogP contribution in [0.25, 0.3) is 5.69 Å². The molecule has 8 heteroatoms. The van der Waals surface area contributed by atoms with Crippen LogP contribution >= 0.6 is 11.8 Å². The van der Waals surface area contributed by atoms with Crippen molar-refractivity contribution in [3.8, 4) is 5.69 Å². The molecule has 0 aliphatic heterocycles. The van der Waals surface area contributed by atoms with E-state index in [2.05, 4.69) is 10.2 Å². The minimum Gasteiger partial charge on any atom is -0.452 e. The summed E-state index contributed by atoms with van der Waals surface area (Å²) in [5, 5.41) is 8.98. The largest absolute Gasteiger partial charge is 0.452 e. The molecule has 1 heterocycles. The lowest BCUT2D eigenvalue weighted by molar-refractivity contribution is -0.135. The minimum atomic E-state index is -0.498. The molecule has 1 amide bonds. The number of nitrogens with zero attached hydrogens (tertiary/aromatic N) is 4. The lowest BCUT2D eigenvalue weighted by Gasteiger charge is -2.31. The number of esters is 1. The number of hydrogen-bond acceptors (Lipinski definition) is 6. The average Bonchev–Trinajstić information content (AvgIpc) is 3.12. The van der Waals surface area contributed by atoms with Crippen LogP contribution in [0.1, 0.15) is 48.3 Å². The Balaban J connectivity index is 1.59. The topological polar surface area (TPSA) is 77.3 Å². The highest BCUT2D eigenvalue weighted by Crippen LogP contribution is 2.22. The number of thioether (sulfide) groups is 1. The van der Waals surface area contributed by atoms with Gasteiger partial charge in [0.1, 0.15) is 5.82 Å². The van der Waals surface area contributed by atoms with Crippen molar-refractivity contribution < 1.29 is 14.3 Å². The maximum absolute atomic E-state index is 12.3. The first-order valence-electron chi connectivity index (χ1n) is 9.50. The first-order valence-corrected chi connectivity index (χ1v) is 10.7. The fourth-order valence-corrected chi connectivity index (χ4v) is 4.05. The van der Waals surface area contributed by atoms with E-state index in [4.69, 9.17) is 4.74 Å². The van der Waals surface area contributed by atoms with Gasteiger partial charge in [-0.2, -0.15) is 0 Å². The fourth-order valence-electron chi connectivity index (χ4n) is 3.50. The molecule has 1 aliphatic carbocycles. The van der Waals surface area contributed by atoms with Gasteiger partial charge in [-0.05, 0) is 50.3 Å². The maximum Gasteiger partial charge on any atom is 0.338 e. The number of carbonyl (C=O) groups excluding carboxylic acids is 2. The Hall–Kier alpha value is -2.35. The van der Waals surface area contributed by atoms with Crippen LogP contribution in [-0.4, -0.2) is 57.5 Å². The van der Waals surface area contributed by atoms with E-state index >= 15 is 0 Å². The summed E-state index contributed by atoms with van der Waals surface area (Å²) in [4.78, 5) is 26.4. The summed E-state index contributed by atoms with van der Waals surface area (Å²) in [6.45, 7) is 1.65. The zero-order valence-corrected chi connectivity index (χ0v) is 17.4. The van der Waals surface area contributed by atoms with Gasteiger partial charge in [0, 0.05) is 18.8 Å². The third-order valence-corrected chi connectivity index (χ3v) is 5.81. The van der Waals surface area contributed by atoms with Gasteiger partial charge in [-0.15, -0.1) is 10.2 Å². The summed E-state index contributed by atoms with van der Waals surface area (Å²) in [6, 6.07) is 7.29. The SMILES string of the molecule is CSc1nnc(C)n1-c1ccc(C(=O)OCC(=O)N(C)C2CCCCC2)cc1. The monoisotopic (exact) mass is 402 g/mol. The Bertz CT molecular complexity index is 828. The highest BCUT2D eigenvalue weighted by atomic mass is 32.2. The zero-order valence-electron chi connectivity index (χ0n) is 16.6. The van der Waals surface area contributed by atoms with E-state index < -0.39 is 5.97 Å². The van der Waals surface area contributed by atoms with Crippen molar-refractivity contribution in [1.82, 2.24) is 19.7 Å². The van der Waals surface area contributed by atoms with Gasteiger partial charge in [-0.1, -0.05) is 31.0 Å². The molecule has 2 aromatic rings.